The van der Waals surface area contributed by atoms with Crippen LogP contribution in [0.4, 0.5) is 17.1 Å². The zero-order chi connectivity index (χ0) is 37.0. The van der Waals surface area contributed by atoms with Gasteiger partial charge in [-0.25, -0.2) is 0 Å². The molecule has 2 aliphatic rings. The summed E-state index contributed by atoms with van der Waals surface area (Å²) in [7, 11) is 0. The summed E-state index contributed by atoms with van der Waals surface area (Å²) >= 11 is 0. The number of benzene rings is 7. The topological polar surface area (TPSA) is 3.24 Å². The van der Waals surface area contributed by atoms with Gasteiger partial charge in [-0.1, -0.05) is 175 Å². The van der Waals surface area contributed by atoms with Crippen molar-refractivity contribution in [2.75, 3.05) is 4.90 Å². The van der Waals surface area contributed by atoms with E-state index in [0.717, 1.165) is 11.6 Å². The summed E-state index contributed by atoms with van der Waals surface area (Å²) in [5.74, 6) is 0.717. The molecule has 0 saturated heterocycles. The van der Waals surface area contributed by atoms with E-state index in [1.807, 2.05) is 0 Å². The third-order valence-electron chi connectivity index (χ3n) is 12.4. The normalized spacial score (nSPS) is 15.2. The molecule has 0 unspecified atom stereocenters. The molecule has 0 bridgehead atoms. The van der Waals surface area contributed by atoms with Gasteiger partial charge < -0.3 is 4.90 Å². The molecular weight excluding hydrogens is 651 g/mol. The molecule has 0 aromatic heterocycles. The molecule has 2 aliphatic carbocycles. The van der Waals surface area contributed by atoms with E-state index in [1.54, 1.807) is 0 Å². The molecule has 0 heterocycles. The molecule has 54 heavy (non-hydrogen) atoms. The van der Waals surface area contributed by atoms with Gasteiger partial charge in [0.2, 0.25) is 0 Å². The Kier molecular flexibility index (Phi) is 8.57. The van der Waals surface area contributed by atoms with Gasteiger partial charge >= 0.3 is 0 Å². The molecule has 1 saturated carbocycles. The minimum atomic E-state index is -0.132. The van der Waals surface area contributed by atoms with Crippen LogP contribution in [0.1, 0.15) is 94.9 Å². The van der Waals surface area contributed by atoms with Crippen molar-refractivity contribution in [2.45, 2.75) is 83.5 Å². The molecule has 0 radical (unpaired) electrons. The van der Waals surface area contributed by atoms with E-state index in [9.17, 15) is 0 Å². The summed E-state index contributed by atoms with van der Waals surface area (Å²) in [6.45, 7) is 11.8. The van der Waals surface area contributed by atoms with Gasteiger partial charge in [-0.05, 0) is 115 Å². The highest BCUT2D eigenvalue weighted by Crippen LogP contribution is 2.54. The number of fused-ring (bicyclic) bond motifs is 4. The van der Waals surface area contributed by atoms with Gasteiger partial charge in [0.1, 0.15) is 0 Å². The van der Waals surface area contributed by atoms with E-state index in [1.165, 1.54) is 110 Å². The number of hydrogen-bond donors (Lipinski definition) is 0. The lowest BCUT2D eigenvalue weighted by molar-refractivity contribution is 0.443. The fourth-order valence-corrected chi connectivity index (χ4v) is 9.51. The lowest BCUT2D eigenvalue weighted by atomic mass is 9.79. The molecule has 1 heteroatoms. The van der Waals surface area contributed by atoms with Crippen LogP contribution in [0.25, 0.3) is 44.2 Å². The minimum absolute atomic E-state index is 0.0430. The van der Waals surface area contributed by atoms with Gasteiger partial charge in [0, 0.05) is 22.4 Å². The minimum Gasteiger partial charge on any atom is -0.310 e. The Labute approximate surface area is 322 Å². The lowest BCUT2D eigenvalue weighted by Crippen LogP contribution is -2.18. The van der Waals surface area contributed by atoms with Crippen LogP contribution in [-0.4, -0.2) is 0 Å². The first-order valence-corrected chi connectivity index (χ1v) is 20.0. The molecule has 1 fully saturated rings. The van der Waals surface area contributed by atoms with Gasteiger partial charge in [-0.3, -0.25) is 0 Å². The van der Waals surface area contributed by atoms with Gasteiger partial charge in [-0.15, -0.1) is 0 Å². The molecule has 7 aromatic rings. The quantitative estimate of drug-likeness (QED) is 0.167. The molecule has 1 nitrogen and oxygen atoms in total. The molecule has 268 valence electrons. The van der Waals surface area contributed by atoms with Crippen LogP contribution in [0.5, 0.6) is 0 Å². The summed E-state index contributed by atoms with van der Waals surface area (Å²) < 4.78 is 0. The van der Waals surface area contributed by atoms with E-state index in [4.69, 9.17) is 0 Å². The van der Waals surface area contributed by atoms with E-state index < -0.39 is 0 Å². The Bertz CT molecular complexity index is 2450. The molecule has 0 atom stereocenters. The van der Waals surface area contributed by atoms with Gasteiger partial charge in [0.25, 0.3) is 0 Å². The highest BCUT2D eigenvalue weighted by molar-refractivity contribution is 6.05. The zero-order valence-electron chi connectivity index (χ0n) is 32.5. The van der Waals surface area contributed by atoms with Crippen LogP contribution in [0.15, 0.2) is 152 Å². The molecule has 7 aromatic carbocycles. The van der Waals surface area contributed by atoms with Crippen molar-refractivity contribution in [3.8, 4) is 33.4 Å². The van der Waals surface area contributed by atoms with Crippen molar-refractivity contribution in [2.24, 2.45) is 0 Å². The summed E-state index contributed by atoms with van der Waals surface area (Å²) in [4.78, 5) is 2.49. The Hall–Kier alpha value is -5.40. The third-order valence-corrected chi connectivity index (χ3v) is 12.4. The van der Waals surface area contributed by atoms with E-state index >= 15 is 0 Å². The van der Waals surface area contributed by atoms with Crippen molar-refractivity contribution < 1.29 is 0 Å². The summed E-state index contributed by atoms with van der Waals surface area (Å²) in [6.07, 6.45) is 6.76. The maximum absolute atomic E-state index is 2.49. The number of nitrogens with zero attached hydrogens (tertiary/aromatic N) is 1. The second-order valence-corrected chi connectivity index (χ2v) is 17.2. The summed E-state index contributed by atoms with van der Waals surface area (Å²) in [5.41, 5.74) is 16.9. The van der Waals surface area contributed by atoms with Gasteiger partial charge in [0.15, 0.2) is 0 Å². The smallest absolute Gasteiger partial charge is 0.0546 e. The Balaban J connectivity index is 1.20. The third kappa shape index (κ3) is 5.95. The zero-order valence-corrected chi connectivity index (χ0v) is 32.5. The van der Waals surface area contributed by atoms with Gasteiger partial charge in [0.05, 0.1) is 5.69 Å². The van der Waals surface area contributed by atoms with Crippen LogP contribution >= 0.6 is 0 Å². The second-order valence-electron chi connectivity index (χ2n) is 17.2. The molecular formula is C53H51N. The molecule has 0 spiro atoms. The van der Waals surface area contributed by atoms with E-state index in [0.29, 0.717) is 0 Å². The van der Waals surface area contributed by atoms with Crippen LogP contribution in [-0.2, 0) is 10.8 Å². The predicted octanol–water partition coefficient (Wildman–Crippen LogP) is 15.3. The predicted molar refractivity (Wildman–Crippen MR) is 232 cm³/mol. The van der Waals surface area contributed by atoms with E-state index in [2.05, 4.69) is 191 Å². The molecule has 9 rings (SSSR count). The molecule has 0 N–H and O–H groups in total. The first-order chi connectivity index (χ1) is 26.2. The maximum Gasteiger partial charge on any atom is 0.0546 e. The van der Waals surface area contributed by atoms with Crippen molar-refractivity contribution in [3.05, 3.63) is 174 Å². The fourth-order valence-electron chi connectivity index (χ4n) is 9.51. The summed E-state index contributed by atoms with van der Waals surface area (Å²) in [5, 5.41) is 2.50. The average molecular weight is 702 g/mol. The highest BCUT2D eigenvalue weighted by atomic mass is 15.1. The second kappa shape index (κ2) is 13.5. The van der Waals surface area contributed by atoms with E-state index in [-0.39, 0.29) is 10.8 Å². The van der Waals surface area contributed by atoms with Crippen LogP contribution in [0.3, 0.4) is 0 Å². The Morgan fingerprint density at radius 2 is 1.20 bits per heavy atom. The Morgan fingerprint density at radius 1 is 0.537 bits per heavy atom. The highest BCUT2D eigenvalue weighted by Gasteiger charge is 2.39. The SMILES string of the molecule is CC(C)(C)c1cccc2c1-c1ccc(N(c3ccc(-c4ccc(C5CCCCC5)cc4)cc3)c3ccc4ccccc4c3-c3ccccc3)cc1C2(C)C. The number of anilines is 3. The van der Waals surface area contributed by atoms with Crippen molar-refractivity contribution in [1.29, 1.82) is 0 Å². The van der Waals surface area contributed by atoms with Crippen LogP contribution < -0.4 is 4.90 Å². The van der Waals surface area contributed by atoms with Crippen molar-refractivity contribution in [3.63, 3.8) is 0 Å². The van der Waals surface area contributed by atoms with Crippen LogP contribution in [0.2, 0.25) is 0 Å². The van der Waals surface area contributed by atoms with Crippen molar-refractivity contribution in [1.82, 2.24) is 0 Å². The number of hydrogen-bond acceptors (Lipinski definition) is 1. The summed E-state index contributed by atoms with van der Waals surface area (Å²) in [6, 6.07) is 57.2. The first kappa shape index (κ1) is 34.4. The average Bonchev–Trinajstić information content (AvgIpc) is 3.44. The molecule has 0 amide bonds. The monoisotopic (exact) mass is 701 g/mol. The van der Waals surface area contributed by atoms with Crippen molar-refractivity contribution >= 4 is 27.8 Å². The fraction of sp³-hybridized carbons (Fsp3) is 0.245. The maximum atomic E-state index is 2.49. The Morgan fingerprint density at radius 3 is 1.93 bits per heavy atom. The van der Waals surface area contributed by atoms with Crippen LogP contribution in [0, 0.1) is 0 Å². The molecule has 0 aliphatic heterocycles. The standard InChI is InChI=1S/C53H51N/c1-52(2,3)46-21-14-22-47-51(46)45-33-32-43(35-48(45)53(47,4)5)54(49-34-29-40-17-12-13-20-44(40)50(49)41-18-10-7-11-19-41)42-30-27-39(28-31-42)38-25-23-37(24-26-38)36-15-8-6-9-16-36/h7,10-14,17-36H,6,8-9,15-16H2,1-5H3. The first-order valence-electron chi connectivity index (χ1n) is 20.0. The number of rotatable bonds is 6. The largest absolute Gasteiger partial charge is 0.310 e. The lowest BCUT2D eigenvalue weighted by Gasteiger charge is -2.30. The van der Waals surface area contributed by atoms with Gasteiger partial charge in [-0.2, -0.15) is 0 Å².